The lowest BCUT2D eigenvalue weighted by atomic mass is 10.1. The molecule has 0 bridgehead atoms. The smallest absolute Gasteiger partial charge is 0.141 e. The summed E-state index contributed by atoms with van der Waals surface area (Å²) in [5, 5.41) is 0.246. The maximum atomic E-state index is 12.7. The average molecular weight is 201 g/mol. The van der Waals surface area contributed by atoms with Gasteiger partial charge in [0.15, 0.2) is 0 Å². The maximum absolute atomic E-state index is 12.7. The van der Waals surface area contributed by atoms with Crippen LogP contribution in [0, 0.1) is 5.82 Å². The predicted octanol–water partition coefficient (Wildman–Crippen LogP) is 2.45. The minimum atomic E-state index is -0.432. The van der Waals surface area contributed by atoms with Crippen LogP contribution in [0.3, 0.4) is 0 Å². The third kappa shape index (κ3) is 2.50. The third-order valence-electron chi connectivity index (χ3n) is 1.65. The number of nitrogens with zero attached hydrogens (tertiary/aromatic N) is 1. The van der Waals surface area contributed by atoms with Crippen LogP contribution in [-0.2, 0) is 0 Å². The van der Waals surface area contributed by atoms with Crippen molar-refractivity contribution in [1.82, 2.24) is 4.98 Å². The molecule has 2 nitrogen and oxygen atoms in total. The van der Waals surface area contributed by atoms with Crippen LogP contribution >= 0.6 is 11.6 Å². The average Bonchev–Trinajstić information content (AvgIpc) is 2.09. The first-order chi connectivity index (χ1) is 6.15. The van der Waals surface area contributed by atoms with Gasteiger partial charge in [-0.05, 0) is 12.5 Å². The van der Waals surface area contributed by atoms with E-state index in [9.17, 15) is 4.39 Å². The molecule has 1 heterocycles. The first kappa shape index (κ1) is 10.2. The maximum Gasteiger partial charge on any atom is 0.141 e. The van der Waals surface area contributed by atoms with E-state index in [1.165, 1.54) is 6.07 Å². The molecule has 0 aliphatic carbocycles. The topological polar surface area (TPSA) is 38.9 Å². The van der Waals surface area contributed by atoms with Gasteiger partial charge in [-0.2, -0.15) is 0 Å². The second kappa shape index (κ2) is 4.35. The van der Waals surface area contributed by atoms with E-state index >= 15 is 0 Å². The molecular formula is C9H10ClFN2. The molecule has 70 valence electrons. The van der Waals surface area contributed by atoms with Crippen LogP contribution in [0.4, 0.5) is 4.39 Å². The molecule has 0 spiro atoms. The lowest BCUT2D eigenvalue weighted by molar-refractivity contribution is 0.612. The molecule has 1 rings (SSSR count). The number of aromatic nitrogens is 1. The molecule has 0 saturated heterocycles. The van der Waals surface area contributed by atoms with E-state index in [0.29, 0.717) is 12.0 Å². The molecule has 0 radical (unpaired) electrons. The zero-order chi connectivity index (χ0) is 9.84. The van der Waals surface area contributed by atoms with Crippen LogP contribution in [-0.4, -0.2) is 4.98 Å². The molecule has 13 heavy (non-hydrogen) atoms. The summed E-state index contributed by atoms with van der Waals surface area (Å²) in [6.45, 7) is 3.54. The quantitative estimate of drug-likeness (QED) is 0.601. The summed E-state index contributed by atoms with van der Waals surface area (Å²) in [5.74, 6) is -0.432. The van der Waals surface area contributed by atoms with Crippen molar-refractivity contribution in [2.75, 3.05) is 0 Å². The number of hydrogen-bond acceptors (Lipinski definition) is 2. The lowest BCUT2D eigenvalue weighted by Crippen LogP contribution is -2.10. The van der Waals surface area contributed by atoms with Crippen LogP contribution < -0.4 is 5.73 Å². The van der Waals surface area contributed by atoms with Crippen molar-refractivity contribution in [2.24, 2.45) is 5.73 Å². The third-order valence-corrected chi connectivity index (χ3v) is 1.97. The van der Waals surface area contributed by atoms with Crippen LogP contribution in [0.5, 0.6) is 0 Å². The number of rotatable bonds is 3. The molecule has 0 saturated carbocycles. The predicted molar refractivity (Wildman–Crippen MR) is 50.9 cm³/mol. The van der Waals surface area contributed by atoms with E-state index < -0.39 is 5.82 Å². The summed E-state index contributed by atoms with van der Waals surface area (Å²) in [6, 6.07) is 0.956. The van der Waals surface area contributed by atoms with E-state index in [2.05, 4.69) is 11.6 Å². The molecule has 1 atom stereocenters. The molecule has 1 aromatic heterocycles. The van der Waals surface area contributed by atoms with Crippen LogP contribution in [0.15, 0.2) is 24.9 Å². The Morgan fingerprint density at radius 1 is 1.77 bits per heavy atom. The van der Waals surface area contributed by atoms with Crippen molar-refractivity contribution >= 4 is 11.6 Å². The molecule has 0 aliphatic heterocycles. The highest BCUT2D eigenvalue weighted by molar-refractivity contribution is 6.30. The molecule has 0 aromatic carbocycles. The Morgan fingerprint density at radius 2 is 2.46 bits per heavy atom. The molecule has 0 fully saturated rings. The Labute approximate surface area is 81.2 Å². The van der Waals surface area contributed by atoms with Crippen molar-refractivity contribution in [3.05, 3.63) is 41.5 Å². The van der Waals surface area contributed by atoms with Crippen LogP contribution in [0.1, 0.15) is 18.0 Å². The summed E-state index contributed by atoms with van der Waals surface area (Å²) in [6.07, 6.45) is 3.27. The van der Waals surface area contributed by atoms with Crippen LogP contribution in [0.2, 0.25) is 5.15 Å². The van der Waals surface area contributed by atoms with Gasteiger partial charge >= 0.3 is 0 Å². The fraction of sp³-hybridized carbons (Fsp3) is 0.222. The van der Waals surface area contributed by atoms with Crippen LogP contribution in [0.25, 0.3) is 0 Å². The molecule has 0 amide bonds. The minimum Gasteiger partial charge on any atom is -0.324 e. The van der Waals surface area contributed by atoms with E-state index in [4.69, 9.17) is 17.3 Å². The Hall–Kier alpha value is -0.930. The van der Waals surface area contributed by atoms with Gasteiger partial charge in [-0.1, -0.05) is 17.7 Å². The zero-order valence-corrected chi connectivity index (χ0v) is 7.76. The second-order valence-corrected chi connectivity index (χ2v) is 3.02. The van der Waals surface area contributed by atoms with Gasteiger partial charge in [0.1, 0.15) is 11.0 Å². The van der Waals surface area contributed by atoms with Gasteiger partial charge in [0.2, 0.25) is 0 Å². The second-order valence-electron chi connectivity index (χ2n) is 2.66. The van der Waals surface area contributed by atoms with Gasteiger partial charge in [-0.15, -0.1) is 6.58 Å². The molecular weight excluding hydrogens is 191 g/mol. The standard InChI is InChI=1S/C9H10ClFN2/c1-2-3-8(12)7-4-6(11)5-13-9(7)10/h2,4-5,8H,1,3,12H2/t8-/m0/s1. The largest absolute Gasteiger partial charge is 0.324 e. The van der Waals surface area contributed by atoms with Crippen molar-refractivity contribution in [3.63, 3.8) is 0 Å². The number of nitrogens with two attached hydrogens (primary N) is 1. The molecule has 1 aromatic rings. The Bertz CT molecular complexity index is 314. The highest BCUT2D eigenvalue weighted by Gasteiger charge is 2.10. The number of hydrogen-bond donors (Lipinski definition) is 1. The zero-order valence-electron chi connectivity index (χ0n) is 7.00. The Morgan fingerprint density at radius 3 is 3.08 bits per heavy atom. The first-order valence-corrected chi connectivity index (χ1v) is 4.20. The van der Waals surface area contributed by atoms with Crippen molar-refractivity contribution in [1.29, 1.82) is 0 Å². The monoisotopic (exact) mass is 200 g/mol. The minimum absolute atomic E-state index is 0.246. The highest BCUT2D eigenvalue weighted by Crippen LogP contribution is 2.22. The van der Waals surface area contributed by atoms with E-state index in [-0.39, 0.29) is 11.2 Å². The summed E-state index contributed by atoms with van der Waals surface area (Å²) in [4.78, 5) is 3.66. The first-order valence-electron chi connectivity index (χ1n) is 3.82. The Kier molecular flexibility index (Phi) is 3.39. The molecule has 0 aliphatic rings. The fourth-order valence-electron chi connectivity index (χ4n) is 1.00. The molecule has 2 N–H and O–H groups in total. The molecule has 4 heteroatoms. The van der Waals surface area contributed by atoms with E-state index in [0.717, 1.165) is 6.20 Å². The van der Waals surface area contributed by atoms with Gasteiger partial charge in [-0.25, -0.2) is 9.37 Å². The molecule has 0 unspecified atom stereocenters. The van der Waals surface area contributed by atoms with Gasteiger partial charge in [-0.3, -0.25) is 0 Å². The Balaban J connectivity index is 2.97. The summed E-state index contributed by atoms with van der Waals surface area (Å²) >= 11 is 5.73. The summed E-state index contributed by atoms with van der Waals surface area (Å²) in [7, 11) is 0. The summed E-state index contributed by atoms with van der Waals surface area (Å²) < 4.78 is 12.7. The van der Waals surface area contributed by atoms with Gasteiger partial charge in [0.05, 0.1) is 6.20 Å². The number of pyridine rings is 1. The summed E-state index contributed by atoms with van der Waals surface area (Å²) in [5.41, 5.74) is 6.23. The number of halogens is 2. The van der Waals surface area contributed by atoms with Gasteiger partial charge < -0.3 is 5.73 Å². The highest BCUT2D eigenvalue weighted by atomic mass is 35.5. The van der Waals surface area contributed by atoms with Crippen molar-refractivity contribution < 1.29 is 4.39 Å². The normalized spacial score (nSPS) is 12.5. The van der Waals surface area contributed by atoms with Gasteiger partial charge in [0.25, 0.3) is 0 Å². The lowest BCUT2D eigenvalue weighted by Gasteiger charge is -2.10. The van der Waals surface area contributed by atoms with E-state index in [1.54, 1.807) is 6.08 Å². The van der Waals surface area contributed by atoms with Gasteiger partial charge in [0, 0.05) is 11.6 Å². The SMILES string of the molecule is C=CC[C@H](N)c1cc(F)cnc1Cl. The fourth-order valence-corrected chi connectivity index (χ4v) is 1.25. The van der Waals surface area contributed by atoms with Crippen molar-refractivity contribution in [3.8, 4) is 0 Å². The van der Waals surface area contributed by atoms with E-state index in [1.807, 2.05) is 0 Å². The van der Waals surface area contributed by atoms with Crippen molar-refractivity contribution in [2.45, 2.75) is 12.5 Å².